The Morgan fingerprint density at radius 3 is 2.79 bits per heavy atom. The highest BCUT2D eigenvalue weighted by Crippen LogP contribution is 2.42. The van der Waals surface area contributed by atoms with Crippen LogP contribution in [-0.2, 0) is 4.79 Å². The molecular weight excluding hydrogens is 352 g/mol. The molecule has 0 radical (unpaired) electrons. The van der Waals surface area contributed by atoms with Gasteiger partial charge in [0.2, 0.25) is 5.91 Å². The second-order valence-electron chi connectivity index (χ2n) is 8.88. The summed E-state index contributed by atoms with van der Waals surface area (Å²) in [5.74, 6) is 1.27. The van der Waals surface area contributed by atoms with Crippen LogP contribution in [0.5, 0.6) is 0 Å². The standard InChI is InChI=1S/C22H32N4O2/c23-19(27)18-8-4-12-24-20(18)26-15-11-22(16-26)10-5-13-25(21(22)28)14-9-17-6-2-1-3-7-17/h4,8,12,17H,1-3,5-7,9-11,13-16H2,(H2,23,27)/t22-/m0/s1. The van der Waals surface area contributed by atoms with Crippen molar-refractivity contribution in [2.24, 2.45) is 17.1 Å². The zero-order valence-electron chi connectivity index (χ0n) is 16.7. The van der Waals surface area contributed by atoms with E-state index in [1.807, 2.05) is 0 Å². The fraction of sp³-hybridized carbons (Fsp3) is 0.682. The first-order valence-electron chi connectivity index (χ1n) is 10.9. The summed E-state index contributed by atoms with van der Waals surface area (Å²) in [7, 11) is 0. The van der Waals surface area contributed by atoms with Gasteiger partial charge in [0.1, 0.15) is 5.82 Å². The molecule has 1 saturated carbocycles. The van der Waals surface area contributed by atoms with Gasteiger partial charge in [0, 0.05) is 32.4 Å². The monoisotopic (exact) mass is 384 g/mol. The number of hydrogen-bond acceptors (Lipinski definition) is 4. The van der Waals surface area contributed by atoms with Gasteiger partial charge in [-0.1, -0.05) is 32.1 Å². The molecule has 152 valence electrons. The molecule has 1 aromatic heterocycles. The maximum absolute atomic E-state index is 13.4. The van der Waals surface area contributed by atoms with E-state index in [4.69, 9.17) is 5.73 Å². The number of carbonyl (C=O) groups is 2. The molecular formula is C22H32N4O2. The molecule has 4 rings (SSSR count). The largest absolute Gasteiger partial charge is 0.365 e. The minimum absolute atomic E-state index is 0.314. The van der Waals surface area contributed by atoms with Gasteiger partial charge in [0.15, 0.2) is 0 Å². The third kappa shape index (κ3) is 3.74. The van der Waals surface area contributed by atoms with Crippen LogP contribution in [0.1, 0.15) is 68.1 Å². The summed E-state index contributed by atoms with van der Waals surface area (Å²) in [6, 6.07) is 3.45. The van der Waals surface area contributed by atoms with Crippen LogP contribution in [-0.4, -0.2) is 47.9 Å². The summed E-state index contributed by atoms with van der Waals surface area (Å²) in [6.45, 7) is 3.19. The minimum atomic E-state index is -0.465. The van der Waals surface area contributed by atoms with Gasteiger partial charge in [0.25, 0.3) is 5.91 Å². The Kier molecular flexibility index (Phi) is 5.56. The van der Waals surface area contributed by atoms with Gasteiger partial charge in [-0.3, -0.25) is 9.59 Å². The highest BCUT2D eigenvalue weighted by Gasteiger charge is 2.48. The van der Waals surface area contributed by atoms with Gasteiger partial charge in [-0.25, -0.2) is 4.98 Å². The van der Waals surface area contributed by atoms with E-state index in [9.17, 15) is 9.59 Å². The van der Waals surface area contributed by atoms with E-state index in [1.165, 1.54) is 32.1 Å². The number of likely N-dealkylation sites (tertiary alicyclic amines) is 1. The lowest BCUT2D eigenvalue weighted by atomic mass is 9.78. The Morgan fingerprint density at radius 2 is 2.00 bits per heavy atom. The number of hydrogen-bond donors (Lipinski definition) is 1. The van der Waals surface area contributed by atoms with Gasteiger partial charge in [-0.05, 0) is 43.7 Å². The van der Waals surface area contributed by atoms with E-state index in [-0.39, 0.29) is 5.41 Å². The Morgan fingerprint density at radius 1 is 1.18 bits per heavy atom. The fourth-order valence-electron chi connectivity index (χ4n) is 5.45. The topological polar surface area (TPSA) is 79.5 Å². The van der Waals surface area contributed by atoms with Crippen LogP contribution >= 0.6 is 0 Å². The average molecular weight is 385 g/mol. The van der Waals surface area contributed by atoms with Crippen LogP contribution in [0, 0.1) is 11.3 Å². The molecule has 6 nitrogen and oxygen atoms in total. The smallest absolute Gasteiger partial charge is 0.252 e. The van der Waals surface area contributed by atoms with Crippen molar-refractivity contribution in [3.8, 4) is 0 Å². The zero-order valence-corrected chi connectivity index (χ0v) is 16.7. The third-order valence-electron chi connectivity index (χ3n) is 7.06. The predicted molar refractivity (Wildman–Crippen MR) is 109 cm³/mol. The van der Waals surface area contributed by atoms with Crippen LogP contribution in [0.4, 0.5) is 5.82 Å². The lowest BCUT2D eigenvalue weighted by Crippen LogP contribution is -2.50. The number of amides is 2. The Hall–Kier alpha value is -2.11. The minimum Gasteiger partial charge on any atom is -0.365 e. The SMILES string of the molecule is NC(=O)c1cccnc1N1CC[C@@]2(CCCN(CCC3CCCCC3)C2=O)C1. The fourth-order valence-corrected chi connectivity index (χ4v) is 5.45. The van der Waals surface area contributed by atoms with E-state index in [2.05, 4.69) is 14.8 Å². The van der Waals surface area contributed by atoms with E-state index in [0.29, 0.717) is 23.8 Å². The Balaban J connectivity index is 1.43. The molecule has 3 aliphatic rings. The van der Waals surface area contributed by atoms with Crippen molar-refractivity contribution >= 4 is 17.6 Å². The van der Waals surface area contributed by atoms with Gasteiger partial charge < -0.3 is 15.5 Å². The molecule has 2 amide bonds. The highest BCUT2D eigenvalue weighted by atomic mass is 16.2. The summed E-state index contributed by atoms with van der Waals surface area (Å²) >= 11 is 0. The Bertz CT molecular complexity index is 731. The van der Waals surface area contributed by atoms with Crippen molar-refractivity contribution in [1.82, 2.24) is 9.88 Å². The van der Waals surface area contributed by atoms with E-state index < -0.39 is 5.91 Å². The van der Waals surface area contributed by atoms with Gasteiger partial charge >= 0.3 is 0 Å². The molecule has 1 spiro atoms. The molecule has 1 atom stereocenters. The summed E-state index contributed by atoms with van der Waals surface area (Å²) in [5, 5.41) is 0. The van der Waals surface area contributed by atoms with E-state index in [0.717, 1.165) is 51.2 Å². The molecule has 1 aromatic rings. The van der Waals surface area contributed by atoms with Crippen LogP contribution in [0.25, 0.3) is 0 Å². The number of aromatic nitrogens is 1. The molecule has 3 fully saturated rings. The molecule has 2 saturated heterocycles. The maximum Gasteiger partial charge on any atom is 0.252 e. The first-order valence-corrected chi connectivity index (χ1v) is 10.9. The average Bonchev–Trinajstić information content (AvgIpc) is 3.15. The molecule has 1 aliphatic carbocycles. The number of anilines is 1. The van der Waals surface area contributed by atoms with Gasteiger partial charge in [-0.15, -0.1) is 0 Å². The molecule has 2 N–H and O–H groups in total. The first kappa shape index (κ1) is 19.2. The van der Waals surface area contributed by atoms with E-state index >= 15 is 0 Å². The molecule has 0 bridgehead atoms. The quantitative estimate of drug-likeness (QED) is 0.846. The molecule has 0 aromatic carbocycles. The van der Waals surface area contributed by atoms with Crippen molar-refractivity contribution < 1.29 is 9.59 Å². The summed E-state index contributed by atoms with van der Waals surface area (Å²) in [4.78, 5) is 33.8. The second-order valence-corrected chi connectivity index (χ2v) is 8.88. The summed E-state index contributed by atoms with van der Waals surface area (Å²) in [5.41, 5.74) is 5.65. The number of nitrogens with zero attached hydrogens (tertiary/aromatic N) is 3. The second kappa shape index (κ2) is 8.10. The van der Waals surface area contributed by atoms with Crippen LogP contribution < -0.4 is 10.6 Å². The van der Waals surface area contributed by atoms with Gasteiger partial charge in [-0.2, -0.15) is 0 Å². The summed E-state index contributed by atoms with van der Waals surface area (Å²) < 4.78 is 0. The van der Waals surface area contributed by atoms with Crippen LogP contribution in [0.2, 0.25) is 0 Å². The molecule has 0 unspecified atom stereocenters. The highest BCUT2D eigenvalue weighted by molar-refractivity contribution is 5.98. The lowest BCUT2D eigenvalue weighted by Gasteiger charge is -2.40. The van der Waals surface area contributed by atoms with Gasteiger partial charge in [0.05, 0.1) is 11.0 Å². The van der Waals surface area contributed by atoms with Crippen LogP contribution in [0.15, 0.2) is 18.3 Å². The van der Waals surface area contributed by atoms with Crippen molar-refractivity contribution in [2.75, 3.05) is 31.1 Å². The van der Waals surface area contributed by atoms with Crippen molar-refractivity contribution in [2.45, 2.75) is 57.8 Å². The number of nitrogens with two attached hydrogens (primary N) is 1. The molecule has 6 heteroatoms. The molecule has 28 heavy (non-hydrogen) atoms. The van der Waals surface area contributed by atoms with Crippen molar-refractivity contribution in [3.63, 3.8) is 0 Å². The first-order chi connectivity index (χ1) is 13.6. The Labute approximate surface area is 167 Å². The predicted octanol–water partition coefficient (Wildman–Crippen LogP) is 2.97. The molecule has 2 aliphatic heterocycles. The summed E-state index contributed by atoms with van der Waals surface area (Å²) in [6.07, 6.45) is 12.4. The zero-order chi connectivity index (χ0) is 19.6. The normalized spacial score (nSPS) is 26.2. The number of primary amides is 1. The van der Waals surface area contributed by atoms with Crippen molar-refractivity contribution in [3.05, 3.63) is 23.9 Å². The maximum atomic E-state index is 13.4. The number of rotatable bonds is 5. The number of pyridine rings is 1. The lowest BCUT2D eigenvalue weighted by molar-refractivity contribution is -0.145. The number of carbonyl (C=O) groups excluding carboxylic acids is 2. The molecule has 3 heterocycles. The van der Waals surface area contributed by atoms with Crippen LogP contribution in [0.3, 0.4) is 0 Å². The number of piperidine rings is 1. The third-order valence-corrected chi connectivity index (χ3v) is 7.06. The van der Waals surface area contributed by atoms with Crippen molar-refractivity contribution in [1.29, 1.82) is 0 Å². The van der Waals surface area contributed by atoms with E-state index in [1.54, 1.807) is 18.3 Å².